The van der Waals surface area contributed by atoms with Crippen LogP contribution >= 0.6 is 0 Å². The van der Waals surface area contributed by atoms with E-state index in [9.17, 15) is 21.6 Å². The molecule has 0 aliphatic heterocycles. The molecule has 0 aliphatic rings. The van der Waals surface area contributed by atoms with Crippen LogP contribution in [0.5, 0.6) is 5.75 Å². The molecule has 0 heterocycles. The maximum atomic E-state index is 12.1. The van der Waals surface area contributed by atoms with Crippen molar-refractivity contribution in [3.05, 3.63) is 24.3 Å². The second-order valence-corrected chi connectivity index (χ2v) is 4.79. The van der Waals surface area contributed by atoms with Crippen molar-refractivity contribution in [1.29, 1.82) is 5.26 Å². The fourth-order valence-electron chi connectivity index (χ4n) is 1.05. The zero-order valence-corrected chi connectivity index (χ0v) is 9.55. The molecule has 9 heteroatoms. The molecule has 1 rings (SSSR count). The van der Waals surface area contributed by atoms with Crippen molar-refractivity contribution in [2.45, 2.75) is 6.36 Å². The van der Waals surface area contributed by atoms with Crippen molar-refractivity contribution in [3.8, 4) is 11.8 Å². The molecule has 98 valence electrons. The Labute approximate surface area is 101 Å². The summed E-state index contributed by atoms with van der Waals surface area (Å²) in [5.41, 5.74) is -0.384. The van der Waals surface area contributed by atoms with E-state index >= 15 is 0 Å². The van der Waals surface area contributed by atoms with Gasteiger partial charge in [-0.3, -0.25) is 4.72 Å². The molecule has 0 unspecified atom stereocenters. The fourth-order valence-corrected chi connectivity index (χ4v) is 1.80. The molecule has 0 saturated heterocycles. The Morgan fingerprint density at radius 3 is 2.50 bits per heavy atom. The second-order valence-electron chi connectivity index (χ2n) is 3.06. The maximum absolute atomic E-state index is 12.1. The van der Waals surface area contributed by atoms with Crippen molar-refractivity contribution >= 4 is 15.7 Å². The first-order chi connectivity index (χ1) is 8.23. The number of nitrogens with zero attached hydrogens (tertiary/aromatic N) is 1. The van der Waals surface area contributed by atoms with E-state index in [-0.39, 0.29) is 5.69 Å². The van der Waals surface area contributed by atoms with Gasteiger partial charge in [0.05, 0.1) is 11.8 Å². The zero-order chi connectivity index (χ0) is 13.8. The van der Waals surface area contributed by atoms with Crippen molar-refractivity contribution in [1.82, 2.24) is 0 Å². The quantitative estimate of drug-likeness (QED) is 0.912. The van der Waals surface area contributed by atoms with Crippen LogP contribution in [0.3, 0.4) is 0 Å². The third-order valence-electron chi connectivity index (χ3n) is 1.63. The van der Waals surface area contributed by atoms with Gasteiger partial charge < -0.3 is 4.74 Å². The number of anilines is 1. The topological polar surface area (TPSA) is 79.2 Å². The molecule has 0 spiro atoms. The second kappa shape index (κ2) is 5.14. The number of ether oxygens (including phenoxy) is 1. The number of hydrogen-bond donors (Lipinski definition) is 1. The first-order valence-corrected chi connectivity index (χ1v) is 6.11. The number of sulfonamides is 1. The van der Waals surface area contributed by atoms with Gasteiger partial charge in [-0.15, -0.1) is 13.2 Å². The van der Waals surface area contributed by atoms with Crippen LogP contribution in [0, 0.1) is 11.3 Å². The minimum absolute atomic E-state index is 0.384. The van der Waals surface area contributed by atoms with Crippen LogP contribution in [-0.4, -0.2) is 20.5 Å². The molecule has 0 amide bonds. The summed E-state index contributed by atoms with van der Waals surface area (Å²) < 4.78 is 64.1. The van der Waals surface area contributed by atoms with E-state index in [1.807, 2.05) is 4.72 Å². The Bertz CT molecular complexity index is 563. The monoisotopic (exact) mass is 280 g/mol. The zero-order valence-electron chi connectivity index (χ0n) is 8.73. The smallest absolute Gasteiger partial charge is 0.404 e. The van der Waals surface area contributed by atoms with Crippen LogP contribution in [-0.2, 0) is 10.0 Å². The Morgan fingerprint density at radius 1 is 1.33 bits per heavy atom. The highest BCUT2D eigenvalue weighted by Crippen LogP contribution is 2.30. The number of halogens is 3. The summed E-state index contributed by atoms with van der Waals surface area (Å²) in [6, 6.07) is 6.01. The third kappa shape index (κ3) is 4.50. The van der Waals surface area contributed by atoms with Crippen molar-refractivity contribution in [3.63, 3.8) is 0 Å². The van der Waals surface area contributed by atoms with Gasteiger partial charge in [0.1, 0.15) is 0 Å². The fraction of sp³-hybridized carbons (Fsp3) is 0.222. The molecule has 0 aromatic heterocycles. The minimum atomic E-state index is -4.93. The third-order valence-corrected chi connectivity index (χ3v) is 2.67. The number of hydrogen-bond acceptors (Lipinski definition) is 4. The van der Waals surface area contributed by atoms with E-state index in [1.54, 1.807) is 0 Å². The van der Waals surface area contributed by atoms with Gasteiger partial charge >= 0.3 is 6.36 Å². The lowest BCUT2D eigenvalue weighted by Crippen LogP contribution is -2.20. The highest BCUT2D eigenvalue weighted by atomic mass is 32.2. The molecular formula is C9H7F3N2O3S. The molecular weight excluding hydrogens is 273 g/mol. The minimum Gasteiger partial charge on any atom is -0.404 e. The summed E-state index contributed by atoms with van der Waals surface area (Å²) in [6.07, 6.45) is -4.93. The van der Waals surface area contributed by atoms with Gasteiger partial charge in [-0.25, -0.2) is 8.42 Å². The number of alkyl halides is 3. The largest absolute Gasteiger partial charge is 0.573 e. The molecule has 1 N–H and O–H groups in total. The van der Waals surface area contributed by atoms with E-state index in [2.05, 4.69) is 4.74 Å². The normalized spacial score (nSPS) is 11.7. The average molecular weight is 280 g/mol. The molecule has 18 heavy (non-hydrogen) atoms. The molecule has 0 saturated carbocycles. The molecule has 0 atom stereocenters. The van der Waals surface area contributed by atoms with Gasteiger partial charge in [0.2, 0.25) is 10.0 Å². The summed E-state index contributed by atoms with van der Waals surface area (Å²) >= 11 is 0. The van der Waals surface area contributed by atoms with Crippen molar-refractivity contribution in [2.24, 2.45) is 0 Å². The van der Waals surface area contributed by atoms with Crippen LogP contribution in [0.1, 0.15) is 0 Å². The Balaban J connectivity index is 3.01. The predicted molar refractivity (Wildman–Crippen MR) is 56.1 cm³/mol. The lowest BCUT2D eigenvalue weighted by molar-refractivity contribution is -0.274. The number of nitrogens with one attached hydrogen (secondary N) is 1. The van der Waals surface area contributed by atoms with Crippen LogP contribution in [0.15, 0.2) is 24.3 Å². The summed E-state index contributed by atoms with van der Waals surface area (Å²) in [5.74, 6) is -1.56. The van der Waals surface area contributed by atoms with Crippen LogP contribution in [0.2, 0.25) is 0 Å². The highest BCUT2D eigenvalue weighted by molar-refractivity contribution is 7.92. The molecule has 0 bridgehead atoms. The van der Waals surface area contributed by atoms with Gasteiger partial charge in [-0.1, -0.05) is 12.1 Å². The lowest BCUT2D eigenvalue weighted by atomic mass is 10.3. The molecule has 1 aromatic rings. The van der Waals surface area contributed by atoms with Crippen LogP contribution in [0.25, 0.3) is 0 Å². The van der Waals surface area contributed by atoms with Gasteiger partial charge in [0.25, 0.3) is 0 Å². The molecule has 5 nitrogen and oxygen atoms in total. The van der Waals surface area contributed by atoms with Gasteiger partial charge in [-0.05, 0) is 12.1 Å². The highest BCUT2D eigenvalue weighted by Gasteiger charge is 2.32. The SMILES string of the molecule is N#CCS(=O)(=O)Nc1ccccc1OC(F)(F)F. The standard InChI is InChI=1S/C9H7F3N2O3S/c10-9(11,12)17-8-4-2-1-3-7(8)14-18(15,16)6-5-13/h1-4,14H,6H2. The lowest BCUT2D eigenvalue weighted by Gasteiger charge is -2.13. The average Bonchev–Trinajstić information content (AvgIpc) is 2.18. The Morgan fingerprint density at radius 2 is 1.94 bits per heavy atom. The first-order valence-electron chi connectivity index (χ1n) is 4.46. The number of nitriles is 1. The van der Waals surface area contributed by atoms with E-state index in [0.717, 1.165) is 12.1 Å². The van der Waals surface area contributed by atoms with Gasteiger partial charge in [-0.2, -0.15) is 5.26 Å². The maximum Gasteiger partial charge on any atom is 0.573 e. The van der Waals surface area contributed by atoms with E-state index < -0.39 is 27.9 Å². The predicted octanol–water partition coefficient (Wildman–Crippen LogP) is 1.85. The van der Waals surface area contributed by atoms with Gasteiger partial charge in [0.15, 0.2) is 11.5 Å². The van der Waals surface area contributed by atoms with E-state index in [0.29, 0.717) is 0 Å². The van der Waals surface area contributed by atoms with E-state index in [1.165, 1.54) is 18.2 Å². The summed E-state index contributed by atoms with van der Waals surface area (Å²) in [4.78, 5) is 0. The summed E-state index contributed by atoms with van der Waals surface area (Å²) in [5, 5.41) is 8.26. The first kappa shape index (κ1) is 14.1. The number of benzene rings is 1. The van der Waals surface area contributed by atoms with Crippen LogP contribution < -0.4 is 9.46 Å². The molecule has 0 fully saturated rings. The van der Waals surface area contributed by atoms with Gasteiger partial charge in [0, 0.05) is 0 Å². The number of rotatable bonds is 4. The Kier molecular flexibility index (Phi) is 4.03. The number of para-hydroxylation sites is 2. The molecule has 1 aromatic carbocycles. The molecule has 0 aliphatic carbocycles. The van der Waals surface area contributed by atoms with Crippen molar-refractivity contribution < 1.29 is 26.3 Å². The Hall–Kier alpha value is -1.95. The van der Waals surface area contributed by atoms with E-state index in [4.69, 9.17) is 5.26 Å². The molecule has 0 radical (unpaired) electrons. The summed E-state index contributed by atoms with van der Waals surface area (Å²) in [6.45, 7) is 0. The summed E-state index contributed by atoms with van der Waals surface area (Å²) in [7, 11) is -4.02. The van der Waals surface area contributed by atoms with Crippen molar-refractivity contribution in [2.75, 3.05) is 10.5 Å². The van der Waals surface area contributed by atoms with Crippen LogP contribution in [0.4, 0.5) is 18.9 Å².